The molecule has 106 valence electrons. The van der Waals surface area contributed by atoms with Crippen molar-refractivity contribution in [2.45, 2.75) is 6.42 Å². The Bertz CT molecular complexity index is 520. The highest BCUT2D eigenvalue weighted by Gasteiger charge is 2.13. The molecule has 20 heavy (non-hydrogen) atoms. The molecule has 2 rings (SSSR count). The van der Waals surface area contributed by atoms with Crippen LogP contribution in [0, 0.1) is 0 Å². The summed E-state index contributed by atoms with van der Waals surface area (Å²) >= 11 is 0. The SMILES string of the molecule is C=C/C=C(\C=C)CN(C)CCc1ccc2c(c1)OCO2. The highest BCUT2D eigenvalue weighted by Crippen LogP contribution is 2.32. The van der Waals surface area contributed by atoms with Crippen molar-refractivity contribution >= 4 is 0 Å². The summed E-state index contributed by atoms with van der Waals surface area (Å²) in [6.45, 7) is 9.71. The molecule has 0 radical (unpaired) electrons. The lowest BCUT2D eigenvalue weighted by atomic mass is 10.1. The molecule has 0 fully saturated rings. The molecule has 1 aromatic rings. The smallest absolute Gasteiger partial charge is 0.231 e. The molecule has 0 aliphatic carbocycles. The lowest BCUT2D eigenvalue weighted by Gasteiger charge is -2.17. The standard InChI is InChI=1S/C17H21NO2/c1-4-6-14(5-2)12-18(3)10-9-15-7-8-16-17(11-15)20-13-19-16/h4-8,11H,1-2,9-10,12-13H2,3H3/b14-6+. The Hall–Kier alpha value is -2.00. The lowest BCUT2D eigenvalue weighted by Crippen LogP contribution is -2.23. The minimum absolute atomic E-state index is 0.327. The summed E-state index contributed by atoms with van der Waals surface area (Å²) in [5.41, 5.74) is 2.43. The second kappa shape index (κ2) is 6.96. The van der Waals surface area contributed by atoms with Crippen LogP contribution in [0.15, 0.2) is 55.2 Å². The van der Waals surface area contributed by atoms with Crippen LogP contribution in [-0.4, -0.2) is 31.8 Å². The third-order valence-electron chi connectivity index (χ3n) is 3.27. The third kappa shape index (κ3) is 3.75. The van der Waals surface area contributed by atoms with E-state index in [2.05, 4.69) is 37.2 Å². The first-order chi connectivity index (χ1) is 9.72. The molecule has 1 heterocycles. The molecule has 1 aliphatic rings. The summed E-state index contributed by atoms with van der Waals surface area (Å²) in [6, 6.07) is 6.13. The van der Waals surface area contributed by atoms with E-state index in [9.17, 15) is 0 Å². The van der Waals surface area contributed by atoms with Gasteiger partial charge in [-0.25, -0.2) is 0 Å². The molecule has 0 saturated heterocycles. The van der Waals surface area contributed by atoms with E-state index < -0.39 is 0 Å². The quantitative estimate of drug-likeness (QED) is 0.711. The monoisotopic (exact) mass is 271 g/mol. The molecule has 1 aromatic carbocycles. The number of ether oxygens (including phenoxy) is 2. The molecule has 3 nitrogen and oxygen atoms in total. The molecule has 3 heteroatoms. The maximum atomic E-state index is 5.39. The highest BCUT2D eigenvalue weighted by molar-refractivity contribution is 5.44. The van der Waals surface area contributed by atoms with Crippen molar-refractivity contribution in [3.63, 3.8) is 0 Å². The summed E-state index contributed by atoms with van der Waals surface area (Å²) in [4.78, 5) is 2.27. The summed E-state index contributed by atoms with van der Waals surface area (Å²) in [7, 11) is 2.10. The van der Waals surface area contributed by atoms with Crippen LogP contribution in [0.1, 0.15) is 5.56 Å². The molecule has 0 atom stereocenters. The predicted molar refractivity (Wildman–Crippen MR) is 82.2 cm³/mol. The van der Waals surface area contributed by atoms with E-state index in [-0.39, 0.29) is 0 Å². The fourth-order valence-electron chi connectivity index (χ4n) is 2.14. The van der Waals surface area contributed by atoms with Gasteiger partial charge in [0.15, 0.2) is 11.5 Å². The molecule has 0 unspecified atom stereocenters. The van der Waals surface area contributed by atoms with Crippen LogP contribution < -0.4 is 9.47 Å². The number of benzene rings is 1. The van der Waals surface area contributed by atoms with Gasteiger partial charge in [0.2, 0.25) is 6.79 Å². The second-order valence-electron chi connectivity index (χ2n) is 4.86. The largest absolute Gasteiger partial charge is 0.454 e. The molecule has 1 aliphatic heterocycles. The molecule has 0 bridgehead atoms. The van der Waals surface area contributed by atoms with Crippen LogP contribution >= 0.6 is 0 Å². The average molecular weight is 271 g/mol. The van der Waals surface area contributed by atoms with E-state index >= 15 is 0 Å². The zero-order valence-electron chi connectivity index (χ0n) is 12.0. The molecule has 0 spiro atoms. The van der Waals surface area contributed by atoms with Crippen molar-refractivity contribution in [1.29, 1.82) is 0 Å². The van der Waals surface area contributed by atoms with Crippen molar-refractivity contribution < 1.29 is 9.47 Å². The molecular weight excluding hydrogens is 250 g/mol. The Labute approximate surface area is 120 Å². The van der Waals surface area contributed by atoms with Gasteiger partial charge in [-0.1, -0.05) is 37.5 Å². The van der Waals surface area contributed by atoms with E-state index in [1.54, 1.807) is 6.08 Å². The Morgan fingerprint density at radius 3 is 2.85 bits per heavy atom. The van der Waals surface area contributed by atoms with Crippen molar-refractivity contribution in [2.24, 2.45) is 0 Å². The fraction of sp³-hybridized carbons (Fsp3) is 0.294. The normalized spacial score (nSPS) is 13.6. The van der Waals surface area contributed by atoms with E-state index in [0.717, 1.165) is 31.0 Å². The topological polar surface area (TPSA) is 21.7 Å². The Kier molecular flexibility index (Phi) is 5.02. The first-order valence-electron chi connectivity index (χ1n) is 6.74. The Balaban J connectivity index is 1.87. The van der Waals surface area contributed by atoms with Gasteiger partial charge in [0.1, 0.15) is 0 Å². The van der Waals surface area contributed by atoms with Gasteiger partial charge < -0.3 is 14.4 Å². The third-order valence-corrected chi connectivity index (χ3v) is 3.27. The molecule has 0 aromatic heterocycles. The van der Waals surface area contributed by atoms with Gasteiger partial charge in [0.05, 0.1) is 0 Å². The zero-order valence-corrected chi connectivity index (χ0v) is 12.0. The average Bonchev–Trinajstić information content (AvgIpc) is 2.92. The van der Waals surface area contributed by atoms with Crippen LogP contribution in [0.5, 0.6) is 11.5 Å². The van der Waals surface area contributed by atoms with Gasteiger partial charge in [-0.3, -0.25) is 0 Å². The number of allylic oxidation sites excluding steroid dienone is 2. The van der Waals surface area contributed by atoms with E-state index in [1.807, 2.05) is 18.2 Å². The van der Waals surface area contributed by atoms with Crippen molar-refractivity contribution in [2.75, 3.05) is 26.9 Å². The number of rotatable bonds is 7. The minimum atomic E-state index is 0.327. The molecule has 0 saturated carbocycles. The minimum Gasteiger partial charge on any atom is -0.454 e. The van der Waals surface area contributed by atoms with Gasteiger partial charge in [-0.05, 0) is 36.7 Å². The van der Waals surface area contributed by atoms with Gasteiger partial charge in [0, 0.05) is 13.1 Å². The summed E-state index contributed by atoms with van der Waals surface area (Å²) in [5.74, 6) is 1.69. The first-order valence-corrected chi connectivity index (χ1v) is 6.74. The lowest BCUT2D eigenvalue weighted by molar-refractivity contribution is 0.174. The van der Waals surface area contributed by atoms with Crippen LogP contribution in [-0.2, 0) is 6.42 Å². The zero-order chi connectivity index (χ0) is 14.4. The van der Waals surface area contributed by atoms with Gasteiger partial charge >= 0.3 is 0 Å². The maximum Gasteiger partial charge on any atom is 0.231 e. The highest BCUT2D eigenvalue weighted by atomic mass is 16.7. The maximum absolute atomic E-state index is 5.39. The Morgan fingerprint density at radius 2 is 2.10 bits per heavy atom. The van der Waals surface area contributed by atoms with Gasteiger partial charge in [-0.2, -0.15) is 0 Å². The fourth-order valence-corrected chi connectivity index (χ4v) is 2.14. The molecule has 0 N–H and O–H groups in total. The number of hydrogen-bond acceptors (Lipinski definition) is 3. The summed E-state index contributed by atoms with van der Waals surface area (Å²) in [6.07, 6.45) is 6.64. The van der Waals surface area contributed by atoms with Crippen molar-refractivity contribution in [1.82, 2.24) is 4.90 Å². The first kappa shape index (κ1) is 14.4. The Morgan fingerprint density at radius 1 is 1.30 bits per heavy atom. The second-order valence-corrected chi connectivity index (χ2v) is 4.86. The summed E-state index contributed by atoms with van der Waals surface area (Å²) in [5, 5.41) is 0. The van der Waals surface area contributed by atoms with Gasteiger partial charge in [-0.15, -0.1) is 0 Å². The molecule has 0 amide bonds. The number of hydrogen-bond donors (Lipinski definition) is 0. The van der Waals surface area contributed by atoms with E-state index in [0.29, 0.717) is 6.79 Å². The van der Waals surface area contributed by atoms with Crippen LogP contribution in [0.3, 0.4) is 0 Å². The number of likely N-dealkylation sites (N-methyl/N-ethyl adjacent to an activating group) is 1. The van der Waals surface area contributed by atoms with Crippen LogP contribution in [0.2, 0.25) is 0 Å². The van der Waals surface area contributed by atoms with Crippen molar-refractivity contribution in [3.8, 4) is 11.5 Å². The van der Waals surface area contributed by atoms with Crippen molar-refractivity contribution in [3.05, 3.63) is 60.7 Å². The van der Waals surface area contributed by atoms with E-state index in [4.69, 9.17) is 9.47 Å². The van der Waals surface area contributed by atoms with Gasteiger partial charge in [0.25, 0.3) is 0 Å². The molecular formula is C17H21NO2. The summed E-state index contributed by atoms with van der Waals surface area (Å²) < 4.78 is 10.7. The number of fused-ring (bicyclic) bond motifs is 1. The van der Waals surface area contributed by atoms with E-state index in [1.165, 1.54) is 11.1 Å². The predicted octanol–water partition coefficient (Wildman–Crippen LogP) is 3.19. The van der Waals surface area contributed by atoms with Crippen LogP contribution in [0.25, 0.3) is 0 Å². The van der Waals surface area contributed by atoms with Crippen LogP contribution in [0.4, 0.5) is 0 Å². The number of nitrogens with zero attached hydrogens (tertiary/aromatic N) is 1.